The van der Waals surface area contributed by atoms with Crippen LogP contribution in [0.4, 0.5) is 13.2 Å². The summed E-state index contributed by atoms with van der Waals surface area (Å²) in [6.07, 6.45) is -5.06. The van der Waals surface area contributed by atoms with Crippen LogP contribution in [0.25, 0.3) is 28.5 Å². The molecular formula is C21H16F3N5O3. The quantitative estimate of drug-likeness (QED) is 0.490. The van der Waals surface area contributed by atoms with Crippen LogP contribution in [-0.4, -0.2) is 38.0 Å². The van der Waals surface area contributed by atoms with Crippen molar-refractivity contribution in [1.82, 2.24) is 25.2 Å². The minimum absolute atomic E-state index is 0.0431. The number of benzene rings is 2. The molecule has 32 heavy (non-hydrogen) atoms. The number of para-hydroxylation sites is 1. The summed E-state index contributed by atoms with van der Waals surface area (Å²) in [6.45, 7) is 0. The molecule has 0 unspecified atom stereocenters. The zero-order valence-electron chi connectivity index (χ0n) is 16.5. The first-order chi connectivity index (χ1) is 15.3. The Morgan fingerprint density at radius 1 is 1.12 bits per heavy atom. The normalized spacial score (nSPS) is 12.5. The lowest BCUT2D eigenvalue weighted by atomic mass is 10.1. The van der Waals surface area contributed by atoms with Gasteiger partial charge in [-0.3, -0.25) is 4.79 Å². The summed E-state index contributed by atoms with van der Waals surface area (Å²) in [7, 11) is 1.40. The van der Waals surface area contributed by atoms with Crippen LogP contribution in [-0.2, 0) is 11.0 Å². The number of rotatable bonds is 5. The van der Waals surface area contributed by atoms with Crippen molar-refractivity contribution < 1.29 is 27.6 Å². The number of alkyl halides is 3. The first kappa shape index (κ1) is 21.2. The average Bonchev–Trinajstić information content (AvgIpc) is 3.46. The van der Waals surface area contributed by atoms with Gasteiger partial charge in [0.2, 0.25) is 5.82 Å². The second kappa shape index (κ2) is 8.27. The summed E-state index contributed by atoms with van der Waals surface area (Å²) in [4.78, 5) is 15.6. The monoisotopic (exact) mass is 443 g/mol. The van der Waals surface area contributed by atoms with Crippen molar-refractivity contribution in [3.8, 4) is 28.5 Å². The number of nitrogens with zero attached hydrogens (tertiary/aromatic N) is 4. The fraction of sp³-hybridized carbons (Fsp3) is 0.143. The number of hydrogen-bond donors (Lipinski definition) is 2. The number of aromatic nitrogens is 4. The Morgan fingerprint density at radius 2 is 1.81 bits per heavy atom. The van der Waals surface area contributed by atoms with E-state index in [0.29, 0.717) is 11.1 Å². The molecule has 11 heteroatoms. The molecule has 0 aliphatic heterocycles. The average molecular weight is 443 g/mol. The second-order valence-corrected chi connectivity index (χ2v) is 6.71. The summed E-state index contributed by atoms with van der Waals surface area (Å²) in [5, 5.41) is 19.9. The number of carbonyl (C=O) groups excluding carboxylic acids is 1. The van der Waals surface area contributed by atoms with Crippen LogP contribution in [0.1, 0.15) is 17.4 Å². The predicted octanol–water partition coefficient (Wildman–Crippen LogP) is 3.39. The molecule has 2 N–H and O–H groups in total. The molecule has 0 saturated carbocycles. The SMILES string of the molecule is CNC(=O)[C@H](O)c1ccc(-c2noc(-c3cnn(-c4ccccc4)c3C(F)(F)F)n2)cc1. The lowest BCUT2D eigenvalue weighted by molar-refractivity contribution is -0.142. The van der Waals surface area contributed by atoms with E-state index in [0.717, 1.165) is 10.9 Å². The van der Waals surface area contributed by atoms with Gasteiger partial charge < -0.3 is 14.9 Å². The minimum atomic E-state index is -4.73. The number of carbonyl (C=O) groups is 1. The Kier molecular flexibility index (Phi) is 5.49. The number of amides is 1. The maximum Gasteiger partial charge on any atom is 0.434 e. The molecule has 0 aliphatic carbocycles. The van der Waals surface area contributed by atoms with Crippen LogP contribution in [0, 0.1) is 0 Å². The van der Waals surface area contributed by atoms with Crippen molar-refractivity contribution in [3.05, 3.63) is 72.1 Å². The van der Waals surface area contributed by atoms with Gasteiger partial charge in [-0.25, -0.2) is 4.68 Å². The summed E-state index contributed by atoms with van der Waals surface area (Å²) in [5.41, 5.74) is -0.400. The van der Waals surface area contributed by atoms with Gasteiger partial charge in [-0.05, 0) is 17.7 Å². The third-order valence-corrected chi connectivity index (χ3v) is 4.67. The second-order valence-electron chi connectivity index (χ2n) is 6.71. The Morgan fingerprint density at radius 3 is 2.44 bits per heavy atom. The van der Waals surface area contributed by atoms with E-state index in [1.54, 1.807) is 18.2 Å². The molecule has 0 bridgehead atoms. The van der Waals surface area contributed by atoms with Crippen molar-refractivity contribution in [2.75, 3.05) is 7.05 Å². The summed E-state index contributed by atoms with van der Waals surface area (Å²) in [5.74, 6) is -0.875. The van der Waals surface area contributed by atoms with E-state index in [1.165, 1.54) is 43.4 Å². The van der Waals surface area contributed by atoms with Gasteiger partial charge in [0.15, 0.2) is 11.8 Å². The number of aliphatic hydroxyl groups is 1. The lowest BCUT2D eigenvalue weighted by Crippen LogP contribution is -2.25. The van der Waals surface area contributed by atoms with Gasteiger partial charge in [-0.1, -0.05) is 47.6 Å². The van der Waals surface area contributed by atoms with Crippen LogP contribution in [0.15, 0.2) is 65.3 Å². The van der Waals surface area contributed by atoms with Crippen molar-refractivity contribution in [1.29, 1.82) is 0 Å². The molecular weight excluding hydrogens is 427 g/mol. The highest BCUT2D eigenvalue weighted by Crippen LogP contribution is 2.38. The first-order valence-electron chi connectivity index (χ1n) is 9.34. The summed E-state index contributed by atoms with van der Waals surface area (Å²) in [6, 6.07) is 13.9. The number of nitrogens with one attached hydrogen (secondary N) is 1. The Hall–Kier alpha value is -3.99. The lowest BCUT2D eigenvalue weighted by Gasteiger charge is -2.11. The molecule has 0 spiro atoms. The van der Waals surface area contributed by atoms with Crippen molar-refractivity contribution in [2.45, 2.75) is 12.3 Å². The molecule has 0 saturated heterocycles. The number of halogens is 3. The molecule has 1 atom stereocenters. The van der Waals surface area contributed by atoms with Gasteiger partial charge in [0.25, 0.3) is 11.8 Å². The van der Waals surface area contributed by atoms with E-state index >= 15 is 0 Å². The van der Waals surface area contributed by atoms with Crippen LogP contribution in [0.2, 0.25) is 0 Å². The Balaban J connectivity index is 1.69. The molecule has 2 aromatic heterocycles. The molecule has 0 radical (unpaired) electrons. The zero-order chi connectivity index (χ0) is 22.9. The molecule has 2 heterocycles. The third-order valence-electron chi connectivity index (χ3n) is 4.67. The fourth-order valence-electron chi connectivity index (χ4n) is 3.10. The molecule has 0 aliphatic rings. The van der Waals surface area contributed by atoms with Crippen molar-refractivity contribution in [2.24, 2.45) is 0 Å². The van der Waals surface area contributed by atoms with Gasteiger partial charge in [0, 0.05) is 12.6 Å². The van der Waals surface area contributed by atoms with Crippen molar-refractivity contribution >= 4 is 5.91 Å². The fourth-order valence-corrected chi connectivity index (χ4v) is 3.10. The van der Waals surface area contributed by atoms with E-state index in [1.807, 2.05) is 0 Å². The van der Waals surface area contributed by atoms with E-state index in [2.05, 4.69) is 20.6 Å². The van der Waals surface area contributed by atoms with Gasteiger partial charge in [-0.15, -0.1) is 0 Å². The topological polar surface area (TPSA) is 106 Å². The van der Waals surface area contributed by atoms with Crippen LogP contribution in [0.3, 0.4) is 0 Å². The minimum Gasteiger partial charge on any atom is -0.378 e. The molecule has 2 aromatic carbocycles. The summed E-state index contributed by atoms with van der Waals surface area (Å²) < 4.78 is 47.4. The number of aliphatic hydroxyl groups excluding tert-OH is 1. The molecule has 4 aromatic rings. The predicted molar refractivity (Wildman–Crippen MR) is 106 cm³/mol. The summed E-state index contributed by atoms with van der Waals surface area (Å²) >= 11 is 0. The molecule has 0 fully saturated rings. The van der Waals surface area contributed by atoms with E-state index in [-0.39, 0.29) is 23.0 Å². The van der Waals surface area contributed by atoms with E-state index in [4.69, 9.17) is 4.52 Å². The maximum absolute atomic E-state index is 13.9. The van der Waals surface area contributed by atoms with Crippen LogP contribution < -0.4 is 5.32 Å². The van der Waals surface area contributed by atoms with Crippen LogP contribution >= 0.6 is 0 Å². The highest BCUT2D eigenvalue weighted by Gasteiger charge is 2.40. The number of likely N-dealkylation sites (N-methyl/N-ethyl adjacent to an activating group) is 1. The van der Waals surface area contributed by atoms with Gasteiger partial charge in [0.1, 0.15) is 0 Å². The molecule has 4 rings (SSSR count). The molecule has 164 valence electrons. The molecule has 8 nitrogen and oxygen atoms in total. The highest BCUT2D eigenvalue weighted by atomic mass is 19.4. The highest BCUT2D eigenvalue weighted by molar-refractivity contribution is 5.81. The van der Waals surface area contributed by atoms with E-state index in [9.17, 15) is 23.1 Å². The largest absolute Gasteiger partial charge is 0.434 e. The maximum atomic E-state index is 13.9. The van der Waals surface area contributed by atoms with E-state index < -0.39 is 23.9 Å². The smallest absolute Gasteiger partial charge is 0.378 e. The standard InChI is InChI=1S/C21H16F3N5O3/c1-25-19(31)16(30)12-7-9-13(10-8-12)18-27-20(32-28-18)15-11-26-29(17(15)21(22,23)24)14-5-3-2-4-6-14/h2-11,16,30H,1H3,(H,25,31)/t16-/m1/s1. The molecule has 1 amide bonds. The van der Waals surface area contributed by atoms with Crippen LogP contribution in [0.5, 0.6) is 0 Å². The van der Waals surface area contributed by atoms with Gasteiger partial charge in [-0.2, -0.15) is 23.3 Å². The first-order valence-corrected chi connectivity index (χ1v) is 9.34. The number of hydrogen-bond acceptors (Lipinski definition) is 6. The zero-order valence-corrected chi connectivity index (χ0v) is 16.5. The Labute approximate surface area is 179 Å². The van der Waals surface area contributed by atoms with Gasteiger partial charge >= 0.3 is 6.18 Å². The van der Waals surface area contributed by atoms with Crippen molar-refractivity contribution in [3.63, 3.8) is 0 Å². The Bertz CT molecular complexity index is 1230. The third kappa shape index (κ3) is 3.97. The van der Waals surface area contributed by atoms with Gasteiger partial charge in [0.05, 0.1) is 17.4 Å².